The highest BCUT2D eigenvalue weighted by atomic mass is 35.5. The Morgan fingerprint density at radius 1 is 0.839 bits per heavy atom. The van der Waals surface area contributed by atoms with E-state index in [0.717, 1.165) is 39.1 Å². The van der Waals surface area contributed by atoms with Crippen LogP contribution in [0.1, 0.15) is 29.2 Å². The SMILES string of the molecule is Cc1ccc(C2=NN(c3nc(-c4ccc(Cl)cc4)cs3)[C@@H](c3ccc(Cl)cc3)C2)cc1. The maximum absolute atomic E-state index is 6.13. The first-order valence-corrected chi connectivity index (χ1v) is 11.6. The molecule has 1 aliphatic rings. The predicted octanol–water partition coefficient (Wildman–Crippen LogP) is 7.78. The predicted molar refractivity (Wildman–Crippen MR) is 132 cm³/mol. The molecule has 0 aliphatic carbocycles. The molecule has 1 aromatic heterocycles. The van der Waals surface area contributed by atoms with Crippen molar-refractivity contribution in [3.63, 3.8) is 0 Å². The number of aryl methyl sites for hydroxylation is 1. The van der Waals surface area contributed by atoms with Crippen molar-refractivity contribution in [2.24, 2.45) is 5.10 Å². The van der Waals surface area contributed by atoms with Crippen molar-refractivity contribution in [2.75, 3.05) is 5.01 Å². The van der Waals surface area contributed by atoms with Crippen LogP contribution in [0.15, 0.2) is 83.3 Å². The molecule has 1 aliphatic heterocycles. The smallest absolute Gasteiger partial charge is 0.207 e. The van der Waals surface area contributed by atoms with Crippen LogP contribution in [0.25, 0.3) is 11.3 Å². The summed E-state index contributed by atoms with van der Waals surface area (Å²) >= 11 is 13.8. The Morgan fingerprint density at radius 3 is 2.13 bits per heavy atom. The van der Waals surface area contributed by atoms with E-state index >= 15 is 0 Å². The van der Waals surface area contributed by atoms with Gasteiger partial charge in [-0.1, -0.05) is 77.3 Å². The van der Waals surface area contributed by atoms with Gasteiger partial charge in [-0.15, -0.1) is 11.3 Å². The number of benzene rings is 3. The summed E-state index contributed by atoms with van der Waals surface area (Å²) in [7, 11) is 0. The lowest BCUT2D eigenvalue weighted by Gasteiger charge is -2.21. The van der Waals surface area contributed by atoms with Crippen LogP contribution in [0.2, 0.25) is 10.0 Å². The minimum atomic E-state index is 0.0674. The number of anilines is 1. The van der Waals surface area contributed by atoms with Gasteiger partial charge in [-0.3, -0.25) is 0 Å². The van der Waals surface area contributed by atoms with Gasteiger partial charge < -0.3 is 0 Å². The van der Waals surface area contributed by atoms with Crippen molar-refractivity contribution in [2.45, 2.75) is 19.4 Å². The molecule has 3 nitrogen and oxygen atoms in total. The van der Waals surface area contributed by atoms with Crippen molar-refractivity contribution in [1.29, 1.82) is 0 Å². The standard InChI is InChI=1S/C25H19Cl2N3S/c1-16-2-4-17(5-3-16)22-14-24(19-8-12-21(27)13-9-19)30(29-22)25-28-23(15-31-25)18-6-10-20(26)11-7-18/h2-13,15,24H,14H2,1H3/t24-/m1/s1. The molecule has 0 bridgehead atoms. The van der Waals surface area contributed by atoms with E-state index in [1.807, 2.05) is 41.4 Å². The highest BCUT2D eigenvalue weighted by molar-refractivity contribution is 7.14. The van der Waals surface area contributed by atoms with Crippen molar-refractivity contribution in [3.05, 3.63) is 105 Å². The molecule has 154 valence electrons. The van der Waals surface area contributed by atoms with E-state index in [9.17, 15) is 0 Å². The van der Waals surface area contributed by atoms with E-state index in [2.05, 4.69) is 48.7 Å². The summed E-state index contributed by atoms with van der Waals surface area (Å²) in [6, 6.07) is 24.3. The van der Waals surface area contributed by atoms with Crippen LogP contribution in [-0.4, -0.2) is 10.7 Å². The fourth-order valence-electron chi connectivity index (χ4n) is 3.67. The topological polar surface area (TPSA) is 28.5 Å². The van der Waals surface area contributed by atoms with Crippen LogP contribution < -0.4 is 5.01 Å². The third-order valence-electron chi connectivity index (χ3n) is 5.38. The number of hydrazone groups is 1. The van der Waals surface area contributed by atoms with E-state index in [0.29, 0.717) is 5.02 Å². The summed E-state index contributed by atoms with van der Waals surface area (Å²) < 4.78 is 0. The molecule has 1 atom stereocenters. The highest BCUT2D eigenvalue weighted by Gasteiger charge is 2.31. The van der Waals surface area contributed by atoms with Gasteiger partial charge in [-0.25, -0.2) is 9.99 Å². The van der Waals surface area contributed by atoms with E-state index in [4.69, 9.17) is 33.3 Å². The molecule has 31 heavy (non-hydrogen) atoms. The molecule has 5 rings (SSSR count). The lowest BCUT2D eigenvalue weighted by molar-refractivity contribution is 0.706. The zero-order valence-electron chi connectivity index (χ0n) is 16.8. The number of nitrogens with zero attached hydrogens (tertiary/aromatic N) is 3. The van der Waals surface area contributed by atoms with Gasteiger partial charge in [0.2, 0.25) is 5.13 Å². The minimum Gasteiger partial charge on any atom is -0.231 e. The number of hydrogen-bond acceptors (Lipinski definition) is 4. The van der Waals surface area contributed by atoms with Crippen LogP contribution in [0, 0.1) is 6.92 Å². The van der Waals surface area contributed by atoms with E-state index in [1.54, 1.807) is 11.3 Å². The Kier molecular flexibility index (Phi) is 5.53. The van der Waals surface area contributed by atoms with Crippen LogP contribution in [0.3, 0.4) is 0 Å². The maximum atomic E-state index is 6.13. The summed E-state index contributed by atoms with van der Waals surface area (Å²) in [4.78, 5) is 4.90. The van der Waals surface area contributed by atoms with Crippen molar-refractivity contribution < 1.29 is 0 Å². The Hall–Kier alpha value is -2.66. The number of halogens is 2. The zero-order valence-corrected chi connectivity index (χ0v) is 19.1. The first-order valence-electron chi connectivity index (χ1n) is 9.97. The molecular weight excluding hydrogens is 445 g/mol. The summed E-state index contributed by atoms with van der Waals surface area (Å²) in [5.41, 5.74) is 6.56. The summed E-state index contributed by atoms with van der Waals surface area (Å²) in [5.74, 6) is 0. The van der Waals surface area contributed by atoms with Crippen LogP contribution in [0.5, 0.6) is 0 Å². The Balaban J connectivity index is 1.52. The average Bonchev–Trinajstić information content (AvgIpc) is 3.43. The summed E-state index contributed by atoms with van der Waals surface area (Å²) in [6.45, 7) is 2.09. The zero-order chi connectivity index (χ0) is 21.4. The number of rotatable bonds is 4. The van der Waals surface area contributed by atoms with E-state index in [-0.39, 0.29) is 6.04 Å². The Labute approximate surface area is 195 Å². The van der Waals surface area contributed by atoms with Crippen LogP contribution in [-0.2, 0) is 0 Å². The molecule has 0 radical (unpaired) electrons. The molecule has 0 unspecified atom stereocenters. The molecule has 0 spiro atoms. The molecule has 6 heteroatoms. The molecule has 0 saturated heterocycles. The quantitative estimate of drug-likeness (QED) is 0.309. The van der Waals surface area contributed by atoms with Gasteiger partial charge in [0.25, 0.3) is 0 Å². The fourth-order valence-corrected chi connectivity index (χ4v) is 4.76. The molecule has 0 saturated carbocycles. The van der Waals surface area contributed by atoms with Gasteiger partial charge in [-0.05, 0) is 42.3 Å². The fraction of sp³-hybridized carbons (Fsp3) is 0.120. The van der Waals surface area contributed by atoms with Gasteiger partial charge >= 0.3 is 0 Å². The lowest BCUT2D eigenvalue weighted by Crippen LogP contribution is -2.18. The number of hydrogen-bond donors (Lipinski definition) is 0. The lowest BCUT2D eigenvalue weighted by atomic mass is 9.98. The second-order valence-electron chi connectivity index (χ2n) is 7.55. The molecule has 3 aromatic carbocycles. The third-order valence-corrected chi connectivity index (χ3v) is 6.71. The van der Waals surface area contributed by atoms with Gasteiger partial charge in [0.15, 0.2) is 0 Å². The number of aromatic nitrogens is 1. The van der Waals surface area contributed by atoms with E-state index in [1.165, 1.54) is 11.1 Å². The normalized spacial score (nSPS) is 15.9. The van der Waals surface area contributed by atoms with Gasteiger partial charge in [0.05, 0.1) is 17.4 Å². The number of thiazole rings is 1. The molecule has 0 N–H and O–H groups in total. The second-order valence-corrected chi connectivity index (χ2v) is 9.26. The van der Waals surface area contributed by atoms with Crippen LogP contribution in [0.4, 0.5) is 5.13 Å². The van der Waals surface area contributed by atoms with Gasteiger partial charge in [0, 0.05) is 27.4 Å². The van der Waals surface area contributed by atoms with Crippen molar-refractivity contribution in [3.8, 4) is 11.3 Å². The molecule has 0 amide bonds. The molecular formula is C25H19Cl2N3S. The summed E-state index contributed by atoms with van der Waals surface area (Å²) in [6.07, 6.45) is 0.806. The molecule has 0 fully saturated rings. The highest BCUT2D eigenvalue weighted by Crippen LogP contribution is 2.39. The van der Waals surface area contributed by atoms with Gasteiger partial charge in [-0.2, -0.15) is 5.10 Å². The Bertz CT molecular complexity index is 1230. The third kappa shape index (κ3) is 4.24. The largest absolute Gasteiger partial charge is 0.231 e. The van der Waals surface area contributed by atoms with Crippen LogP contribution >= 0.6 is 34.5 Å². The second kappa shape index (κ2) is 8.46. The summed E-state index contributed by atoms with van der Waals surface area (Å²) in [5, 5.41) is 11.4. The Morgan fingerprint density at radius 2 is 1.45 bits per heavy atom. The average molecular weight is 464 g/mol. The first-order chi connectivity index (χ1) is 15.1. The van der Waals surface area contributed by atoms with E-state index < -0.39 is 0 Å². The van der Waals surface area contributed by atoms with Gasteiger partial charge in [0.1, 0.15) is 0 Å². The monoisotopic (exact) mass is 463 g/mol. The van der Waals surface area contributed by atoms with Crippen molar-refractivity contribution in [1.82, 2.24) is 4.98 Å². The maximum Gasteiger partial charge on any atom is 0.207 e. The van der Waals surface area contributed by atoms with Crippen molar-refractivity contribution >= 4 is 45.4 Å². The first kappa shape index (κ1) is 20.3. The minimum absolute atomic E-state index is 0.0674. The molecule has 4 aromatic rings. The molecule has 2 heterocycles.